The number of halogens is 3. The molecular formula is C8H13Cl3. The molecule has 0 radical (unpaired) electrons. The van der Waals surface area contributed by atoms with Crippen LogP contribution in [0.3, 0.4) is 0 Å². The third-order valence-corrected chi connectivity index (χ3v) is 1.88. The van der Waals surface area contributed by atoms with E-state index in [1.165, 1.54) is 5.54 Å². The summed E-state index contributed by atoms with van der Waals surface area (Å²) in [6, 6.07) is 0. The van der Waals surface area contributed by atoms with Crippen LogP contribution in [0.1, 0.15) is 13.8 Å². The van der Waals surface area contributed by atoms with E-state index in [2.05, 4.69) is 6.58 Å². The third kappa shape index (κ3) is 17.9. The summed E-state index contributed by atoms with van der Waals surface area (Å²) in [6.45, 7) is 7.31. The molecule has 66 valence electrons. The van der Waals surface area contributed by atoms with Crippen molar-refractivity contribution in [3.8, 4) is 0 Å². The van der Waals surface area contributed by atoms with Crippen molar-refractivity contribution < 1.29 is 0 Å². The molecule has 0 aliphatic heterocycles. The van der Waals surface area contributed by atoms with E-state index in [-0.39, 0.29) is 0 Å². The lowest BCUT2D eigenvalue weighted by Gasteiger charge is -1.81. The van der Waals surface area contributed by atoms with Crippen molar-refractivity contribution in [2.45, 2.75) is 13.8 Å². The normalized spacial score (nSPS) is 10.1. The minimum absolute atomic E-state index is 0.531. The van der Waals surface area contributed by atoms with Gasteiger partial charge in [-0.25, -0.2) is 0 Å². The van der Waals surface area contributed by atoms with Gasteiger partial charge in [-0.1, -0.05) is 23.8 Å². The largest absolute Gasteiger partial charge is 0.122 e. The Labute approximate surface area is 83.8 Å². The molecule has 0 amide bonds. The molecule has 3 heteroatoms. The number of rotatable bonds is 2. The fourth-order valence-electron chi connectivity index (χ4n) is 0.0292. The van der Waals surface area contributed by atoms with Crippen LogP contribution in [0.15, 0.2) is 23.3 Å². The minimum Gasteiger partial charge on any atom is -0.122 e. The van der Waals surface area contributed by atoms with Crippen LogP contribution in [-0.2, 0) is 0 Å². The van der Waals surface area contributed by atoms with Gasteiger partial charge in [-0.2, -0.15) is 0 Å². The Hall–Kier alpha value is 0.350. The number of alkyl halides is 2. The molecule has 11 heavy (non-hydrogen) atoms. The fraction of sp³-hybridized carbons (Fsp3) is 0.500. The van der Waals surface area contributed by atoms with Crippen LogP contribution < -0.4 is 0 Å². The Morgan fingerprint density at radius 3 is 1.64 bits per heavy atom. The first-order chi connectivity index (χ1) is 5.08. The topological polar surface area (TPSA) is 0 Å². The van der Waals surface area contributed by atoms with Gasteiger partial charge in [0.25, 0.3) is 0 Å². The van der Waals surface area contributed by atoms with Gasteiger partial charge in [0.15, 0.2) is 0 Å². The van der Waals surface area contributed by atoms with E-state index in [1.807, 2.05) is 13.8 Å². The average Bonchev–Trinajstić information content (AvgIpc) is 2.04. The maximum Gasteiger partial charge on any atom is 0.0442 e. The molecular weight excluding hydrogens is 202 g/mol. The van der Waals surface area contributed by atoms with E-state index in [0.29, 0.717) is 11.8 Å². The van der Waals surface area contributed by atoms with Crippen molar-refractivity contribution in [2.24, 2.45) is 0 Å². The predicted octanol–water partition coefficient (Wildman–Crippen LogP) is 4.17. The summed E-state index contributed by atoms with van der Waals surface area (Å²) >= 11 is 15.7. The van der Waals surface area contributed by atoms with Crippen LogP contribution in [0.4, 0.5) is 0 Å². The SMILES string of the molecule is C=C(C)CCl.CC(=CCl)CCl. The molecule has 0 N–H and O–H groups in total. The summed E-state index contributed by atoms with van der Waals surface area (Å²) in [7, 11) is 0. The van der Waals surface area contributed by atoms with Gasteiger partial charge < -0.3 is 0 Å². The average molecular weight is 216 g/mol. The lowest BCUT2D eigenvalue weighted by molar-refractivity contribution is 1.42. The molecule has 0 heterocycles. The van der Waals surface area contributed by atoms with Crippen molar-refractivity contribution in [1.29, 1.82) is 0 Å². The van der Waals surface area contributed by atoms with Gasteiger partial charge in [0, 0.05) is 17.3 Å². The smallest absolute Gasteiger partial charge is 0.0442 e. The first-order valence-electron chi connectivity index (χ1n) is 3.10. The second-order valence-corrected chi connectivity index (χ2v) is 2.93. The molecule has 0 unspecified atom stereocenters. The van der Waals surface area contributed by atoms with Crippen molar-refractivity contribution in [3.63, 3.8) is 0 Å². The van der Waals surface area contributed by atoms with Gasteiger partial charge in [0.05, 0.1) is 0 Å². The Balaban J connectivity index is 0. The molecule has 0 nitrogen and oxygen atoms in total. The van der Waals surface area contributed by atoms with Crippen molar-refractivity contribution in [1.82, 2.24) is 0 Å². The Morgan fingerprint density at radius 1 is 1.27 bits per heavy atom. The van der Waals surface area contributed by atoms with Crippen LogP contribution in [0.2, 0.25) is 0 Å². The predicted molar refractivity (Wildman–Crippen MR) is 55.9 cm³/mol. The standard InChI is InChI=1S/C4H6Cl2.C4H7Cl/c1-4(2-5)3-6;1-4(2)3-5/h2H,3H2,1H3;1,3H2,2H3. The highest BCUT2D eigenvalue weighted by molar-refractivity contribution is 6.27. The van der Waals surface area contributed by atoms with Crippen LogP contribution in [0.25, 0.3) is 0 Å². The zero-order valence-electron chi connectivity index (χ0n) is 6.83. The first kappa shape index (κ1) is 13.9. The minimum atomic E-state index is 0.531. The van der Waals surface area contributed by atoms with Gasteiger partial charge in [0.1, 0.15) is 0 Å². The lowest BCUT2D eigenvalue weighted by atomic mass is 10.4. The molecule has 0 fully saturated rings. The first-order valence-corrected chi connectivity index (χ1v) is 4.61. The summed E-state index contributed by atoms with van der Waals surface area (Å²) in [5.74, 6) is 1.11. The molecule has 0 bridgehead atoms. The Morgan fingerprint density at radius 2 is 1.64 bits per heavy atom. The van der Waals surface area contributed by atoms with Gasteiger partial charge in [0.2, 0.25) is 0 Å². The maximum atomic E-state index is 5.30. The summed E-state index contributed by atoms with van der Waals surface area (Å²) in [4.78, 5) is 0. The van der Waals surface area contributed by atoms with E-state index < -0.39 is 0 Å². The molecule has 0 saturated heterocycles. The van der Waals surface area contributed by atoms with E-state index in [4.69, 9.17) is 34.8 Å². The molecule has 0 aromatic carbocycles. The fourth-order valence-corrected chi connectivity index (χ4v) is 0.262. The zero-order valence-corrected chi connectivity index (χ0v) is 9.10. The summed E-state index contributed by atoms with van der Waals surface area (Å²) in [6.07, 6.45) is 0. The van der Waals surface area contributed by atoms with Crippen LogP contribution in [0, 0.1) is 0 Å². The van der Waals surface area contributed by atoms with Crippen molar-refractivity contribution >= 4 is 34.8 Å². The van der Waals surface area contributed by atoms with Gasteiger partial charge in [-0.3, -0.25) is 0 Å². The van der Waals surface area contributed by atoms with Crippen molar-refractivity contribution in [3.05, 3.63) is 23.3 Å². The quantitative estimate of drug-likeness (QED) is 0.479. The summed E-state index contributed by atoms with van der Waals surface area (Å²) < 4.78 is 0. The molecule has 0 aromatic rings. The second-order valence-electron chi connectivity index (χ2n) is 2.18. The number of allylic oxidation sites excluding steroid dienone is 2. The van der Waals surface area contributed by atoms with Crippen LogP contribution in [0.5, 0.6) is 0 Å². The monoisotopic (exact) mass is 214 g/mol. The summed E-state index contributed by atoms with van der Waals surface area (Å²) in [5.41, 5.74) is 3.50. The molecule has 0 aromatic heterocycles. The van der Waals surface area contributed by atoms with Gasteiger partial charge in [-0.05, 0) is 19.4 Å². The lowest BCUT2D eigenvalue weighted by Crippen LogP contribution is -1.68. The number of hydrogen-bond acceptors (Lipinski definition) is 0. The van der Waals surface area contributed by atoms with Crippen LogP contribution >= 0.6 is 34.8 Å². The molecule has 0 aliphatic rings. The maximum absolute atomic E-state index is 5.30. The van der Waals surface area contributed by atoms with Crippen molar-refractivity contribution in [2.75, 3.05) is 11.8 Å². The highest BCUT2D eigenvalue weighted by Crippen LogP contribution is 1.95. The molecule has 0 rings (SSSR count). The second kappa shape index (κ2) is 10.3. The van der Waals surface area contributed by atoms with E-state index >= 15 is 0 Å². The highest BCUT2D eigenvalue weighted by Gasteiger charge is 1.76. The zero-order chi connectivity index (χ0) is 9.28. The van der Waals surface area contributed by atoms with E-state index in [1.54, 1.807) is 0 Å². The summed E-state index contributed by atoms with van der Waals surface area (Å²) in [5, 5.41) is 0. The molecule has 0 aliphatic carbocycles. The highest BCUT2D eigenvalue weighted by atomic mass is 35.5. The molecule has 0 spiro atoms. The Bertz CT molecular complexity index is 127. The van der Waals surface area contributed by atoms with E-state index in [9.17, 15) is 0 Å². The van der Waals surface area contributed by atoms with Crippen LogP contribution in [-0.4, -0.2) is 11.8 Å². The Kier molecular flexibility index (Phi) is 13.1. The van der Waals surface area contributed by atoms with E-state index in [0.717, 1.165) is 11.1 Å². The number of hydrogen-bond donors (Lipinski definition) is 0. The van der Waals surface area contributed by atoms with Gasteiger partial charge >= 0.3 is 0 Å². The molecule has 0 atom stereocenters. The molecule has 0 saturated carbocycles. The van der Waals surface area contributed by atoms with Gasteiger partial charge in [-0.15, -0.1) is 23.2 Å². The third-order valence-electron chi connectivity index (χ3n) is 0.625.